The smallest absolute Gasteiger partial charge is 0.410 e. The van der Waals surface area contributed by atoms with E-state index in [0.29, 0.717) is 25.3 Å². The molecule has 1 unspecified atom stereocenters. The summed E-state index contributed by atoms with van der Waals surface area (Å²) in [7, 11) is 1.34. The van der Waals surface area contributed by atoms with Gasteiger partial charge in [0, 0.05) is 12.6 Å². The van der Waals surface area contributed by atoms with Crippen LogP contribution in [0.2, 0.25) is 0 Å². The molecule has 1 saturated heterocycles. The van der Waals surface area contributed by atoms with E-state index in [-0.39, 0.29) is 12.1 Å². The molecule has 6 heteroatoms. The molecule has 1 heterocycles. The van der Waals surface area contributed by atoms with E-state index >= 15 is 0 Å². The van der Waals surface area contributed by atoms with E-state index in [1.165, 1.54) is 13.2 Å². The van der Waals surface area contributed by atoms with Crippen molar-refractivity contribution in [3.63, 3.8) is 0 Å². The van der Waals surface area contributed by atoms with Crippen molar-refractivity contribution in [2.75, 3.05) is 20.3 Å². The van der Waals surface area contributed by atoms with Crippen LogP contribution in [0.4, 0.5) is 4.79 Å². The summed E-state index contributed by atoms with van der Waals surface area (Å²) in [6.07, 6.45) is 9.63. The number of carbonyl (C=O) groups is 2. The monoisotopic (exact) mass is 377 g/mol. The van der Waals surface area contributed by atoms with Crippen molar-refractivity contribution in [1.82, 2.24) is 4.90 Å². The number of allylic oxidation sites excluding steroid dienone is 5. The molecule has 27 heavy (non-hydrogen) atoms. The van der Waals surface area contributed by atoms with Crippen molar-refractivity contribution in [1.29, 1.82) is 0 Å². The van der Waals surface area contributed by atoms with Gasteiger partial charge in [0.15, 0.2) is 0 Å². The zero-order valence-electron chi connectivity index (χ0n) is 17.0. The van der Waals surface area contributed by atoms with E-state index in [1.54, 1.807) is 17.1 Å². The highest BCUT2D eigenvalue weighted by molar-refractivity contribution is 5.81. The van der Waals surface area contributed by atoms with Crippen LogP contribution in [0.1, 0.15) is 40.5 Å². The highest BCUT2D eigenvalue weighted by Crippen LogP contribution is 2.22. The Labute approximate surface area is 162 Å². The molecule has 0 aliphatic carbocycles. The normalized spacial score (nSPS) is 18.1. The molecule has 0 saturated carbocycles. The van der Waals surface area contributed by atoms with E-state index in [9.17, 15) is 9.59 Å². The van der Waals surface area contributed by atoms with Gasteiger partial charge in [-0.2, -0.15) is 0 Å². The fourth-order valence-electron chi connectivity index (χ4n) is 2.32. The molecule has 0 bridgehead atoms. The number of hydrogen-bond donors (Lipinski definition) is 0. The van der Waals surface area contributed by atoms with E-state index in [4.69, 9.17) is 9.47 Å². The second-order valence-corrected chi connectivity index (χ2v) is 7.17. The van der Waals surface area contributed by atoms with Crippen molar-refractivity contribution in [2.45, 2.75) is 52.2 Å². The molecule has 150 valence electrons. The van der Waals surface area contributed by atoms with Crippen LogP contribution in [0.25, 0.3) is 0 Å². The summed E-state index contributed by atoms with van der Waals surface area (Å²) in [4.78, 5) is 25.0. The number of methoxy groups -OCH3 is 1. The lowest BCUT2D eigenvalue weighted by Gasteiger charge is -2.41. The Hall–Kier alpha value is -2.50. The number of nitrogens with zero attached hydrogens (tertiary/aromatic N) is 1. The van der Waals surface area contributed by atoms with Gasteiger partial charge in [0.25, 0.3) is 0 Å². The van der Waals surface area contributed by atoms with Crippen molar-refractivity contribution in [2.24, 2.45) is 0 Å². The predicted molar refractivity (Wildman–Crippen MR) is 105 cm³/mol. The molecule has 0 N–H and O–H groups in total. The van der Waals surface area contributed by atoms with E-state index in [1.807, 2.05) is 39.8 Å². The number of esters is 1. The second kappa shape index (κ2) is 10.6. The van der Waals surface area contributed by atoms with Gasteiger partial charge in [-0.15, -0.1) is 0 Å². The third-order valence-corrected chi connectivity index (χ3v) is 3.90. The summed E-state index contributed by atoms with van der Waals surface area (Å²) in [5.41, 5.74) is 0.396. The van der Waals surface area contributed by atoms with Gasteiger partial charge in [0.2, 0.25) is 0 Å². The van der Waals surface area contributed by atoms with Crippen molar-refractivity contribution in [3.8, 4) is 0 Å². The average Bonchev–Trinajstić information content (AvgIpc) is 2.56. The zero-order chi connectivity index (χ0) is 20.4. The Balaban J connectivity index is 2.58. The number of rotatable bonds is 8. The maximum atomic E-state index is 12.2. The van der Waals surface area contributed by atoms with Gasteiger partial charge in [0.05, 0.1) is 13.2 Å². The highest BCUT2D eigenvalue weighted by Gasteiger charge is 2.35. The summed E-state index contributed by atoms with van der Waals surface area (Å²) >= 11 is 0. The molecular weight excluding hydrogens is 346 g/mol. The first-order valence-electron chi connectivity index (χ1n) is 9.06. The minimum Gasteiger partial charge on any atom is -0.492 e. The number of likely N-dealkylation sites (tertiary alicyclic amines) is 1. The van der Waals surface area contributed by atoms with Crippen molar-refractivity contribution >= 4 is 12.1 Å². The summed E-state index contributed by atoms with van der Waals surface area (Å²) in [6.45, 7) is 12.3. The molecule has 0 aromatic rings. The molecule has 0 aromatic heterocycles. The lowest BCUT2D eigenvalue weighted by Crippen LogP contribution is -2.54. The number of hydrogen-bond acceptors (Lipinski definition) is 5. The Morgan fingerprint density at radius 3 is 2.48 bits per heavy atom. The lowest BCUT2D eigenvalue weighted by molar-refractivity contribution is -0.134. The molecule has 1 amide bonds. The van der Waals surface area contributed by atoms with Gasteiger partial charge in [-0.1, -0.05) is 18.7 Å². The van der Waals surface area contributed by atoms with Gasteiger partial charge in [-0.3, -0.25) is 0 Å². The van der Waals surface area contributed by atoms with Crippen LogP contribution < -0.4 is 0 Å². The van der Waals surface area contributed by atoms with Crippen LogP contribution in [-0.4, -0.2) is 48.9 Å². The van der Waals surface area contributed by atoms with Crippen LogP contribution in [0.3, 0.4) is 0 Å². The van der Waals surface area contributed by atoms with Crippen molar-refractivity contribution < 1.29 is 23.8 Å². The van der Waals surface area contributed by atoms with Crippen LogP contribution in [-0.2, 0) is 19.0 Å². The number of ether oxygens (including phenoxy) is 3. The topological polar surface area (TPSA) is 65.1 Å². The second-order valence-electron chi connectivity index (χ2n) is 7.17. The molecule has 0 spiro atoms. The van der Waals surface area contributed by atoms with Crippen LogP contribution in [0.15, 0.2) is 48.3 Å². The maximum absolute atomic E-state index is 12.2. The average molecular weight is 377 g/mol. The Kier molecular flexibility index (Phi) is 8.85. The van der Waals surface area contributed by atoms with Gasteiger partial charge < -0.3 is 19.1 Å². The van der Waals surface area contributed by atoms with E-state index in [2.05, 4.69) is 11.3 Å². The van der Waals surface area contributed by atoms with Gasteiger partial charge >= 0.3 is 12.1 Å². The van der Waals surface area contributed by atoms with Gasteiger partial charge in [-0.05, 0) is 58.3 Å². The molecule has 1 atom stereocenters. The lowest BCUT2D eigenvalue weighted by atomic mass is 10.1. The molecule has 1 fully saturated rings. The highest BCUT2D eigenvalue weighted by atomic mass is 16.6. The first kappa shape index (κ1) is 22.5. The minimum atomic E-state index is -0.508. The van der Waals surface area contributed by atoms with Gasteiger partial charge in [0.1, 0.15) is 18.0 Å². The number of carbonyl (C=O) groups excluding carboxylic acids is 2. The SMILES string of the molecule is C=C/C(=C\C(=C/C)OCC1CCN1C(=O)OC(C)(C)C)C/C=C/C(=O)OC. The molecular formula is C21H31NO5. The van der Waals surface area contributed by atoms with Crippen LogP contribution in [0, 0.1) is 0 Å². The Morgan fingerprint density at radius 2 is 2.00 bits per heavy atom. The fourth-order valence-corrected chi connectivity index (χ4v) is 2.32. The standard InChI is InChI=1S/C21H31NO5/c1-7-16(10-9-11-19(23)25-6)14-18(8-2)26-15-17-12-13-22(17)20(24)27-21(3,4)5/h7-9,11,14,17H,1,10,12-13,15H2,2-6H3/b11-9+,16-14+,18-8+. The first-order chi connectivity index (χ1) is 12.7. The maximum Gasteiger partial charge on any atom is 0.410 e. The molecule has 1 rings (SSSR count). The fraction of sp³-hybridized carbons (Fsp3) is 0.524. The van der Waals surface area contributed by atoms with Crippen molar-refractivity contribution in [3.05, 3.63) is 48.3 Å². The summed E-state index contributed by atoms with van der Waals surface area (Å²) < 4.78 is 15.8. The summed E-state index contributed by atoms with van der Waals surface area (Å²) in [5, 5.41) is 0. The predicted octanol–water partition coefficient (Wildman–Crippen LogP) is 4.15. The molecule has 0 radical (unpaired) electrons. The van der Waals surface area contributed by atoms with Crippen LogP contribution in [0.5, 0.6) is 0 Å². The quantitative estimate of drug-likeness (QED) is 0.275. The molecule has 0 aromatic carbocycles. The van der Waals surface area contributed by atoms with Crippen LogP contribution >= 0.6 is 0 Å². The Morgan fingerprint density at radius 1 is 1.30 bits per heavy atom. The summed E-state index contributed by atoms with van der Waals surface area (Å²) in [5.74, 6) is 0.292. The first-order valence-corrected chi connectivity index (χ1v) is 9.06. The third kappa shape index (κ3) is 8.15. The summed E-state index contributed by atoms with van der Waals surface area (Å²) in [6, 6.07) is 0.00889. The van der Waals surface area contributed by atoms with Gasteiger partial charge in [-0.25, -0.2) is 9.59 Å². The van der Waals surface area contributed by atoms with E-state index < -0.39 is 11.6 Å². The molecule has 1 aliphatic rings. The largest absolute Gasteiger partial charge is 0.492 e. The minimum absolute atomic E-state index is 0.00889. The Bertz CT molecular complexity index is 625. The number of amides is 1. The van der Waals surface area contributed by atoms with E-state index in [0.717, 1.165) is 12.0 Å². The molecule has 1 aliphatic heterocycles. The third-order valence-electron chi connectivity index (χ3n) is 3.90. The zero-order valence-corrected chi connectivity index (χ0v) is 17.0. The molecule has 6 nitrogen and oxygen atoms in total.